The fourth-order valence-electron chi connectivity index (χ4n) is 4.35. The Morgan fingerprint density at radius 2 is 2.10 bits per heavy atom. The van der Waals surface area contributed by atoms with Gasteiger partial charge >= 0.3 is 6.03 Å². The number of nitrogens with zero attached hydrogens (tertiary/aromatic N) is 2. The SMILES string of the molecule is O=C(NCC1CCN(c2cccc(Br)c2)C1)N(Cc1ccccc1O)CC1CCCO1. The summed E-state index contributed by atoms with van der Waals surface area (Å²) in [4.78, 5) is 17.2. The van der Waals surface area contributed by atoms with Crippen molar-refractivity contribution in [2.24, 2.45) is 5.92 Å². The highest BCUT2D eigenvalue weighted by atomic mass is 79.9. The molecule has 0 aliphatic carbocycles. The molecular weight excluding hydrogens is 458 g/mol. The van der Waals surface area contributed by atoms with Gasteiger partial charge in [0.25, 0.3) is 0 Å². The van der Waals surface area contributed by atoms with Crippen LogP contribution in [0.5, 0.6) is 5.75 Å². The predicted molar refractivity (Wildman–Crippen MR) is 125 cm³/mol. The highest BCUT2D eigenvalue weighted by Crippen LogP contribution is 2.26. The Kier molecular flexibility index (Phi) is 7.35. The first-order valence-electron chi connectivity index (χ1n) is 11.0. The number of urea groups is 1. The zero-order valence-corrected chi connectivity index (χ0v) is 19.3. The number of carbonyl (C=O) groups excluding carboxylic acids is 1. The molecule has 2 saturated heterocycles. The molecule has 2 aliphatic rings. The fraction of sp³-hybridized carbons (Fsp3) is 0.458. The Labute approximate surface area is 192 Å². The van der Waals surface area contributed by atoms with Crippen molar-refractivity contribution < 1.29 is 14.6 Å². The lowest BCUT2D eigenvalue weighted by molar-refractivity contribution is 0.0791. The first kappa shape index (κ1) is 22.0. The number of carbonyl (C=O) groups is 1. The van der Waals surface area contributed by atoms with Gasteiger partial charge < -0.3 is 25.0 Å². The van der Waals surface area contributed by atoms with E-state index in [1.54, 1.807) is 17.0 Å². The van der Waals surface area contributed by atoms with Gasteiger partial charge in [-0.15, -0.1) is 0 Å². The molecule has 0 aromatic heterocycles. The minimum Gasteiger partial charge on any atom is -0.508 e. The maximum absolute atomic E-state index is 13.1. The molecule has 2 fully saturated rings. The molecule has 2 unspecified atom stereocenters. The number of para-hydroxylation sites is 1. The molecule has 0 bridgehead atoms. The van der Waals surface area contributed by atoms with Crippen LogP contribution in [0.1, 0.15) is 24.8 Å². The van der Waals surface area contributed by atoms with E-state index < -0.39 is 0 Å². The van der Waals surface area contributed by atoms with Crippen molar-refractivity contribution in [3.63, 3.8) is 0 Å². The van der Waals surface area contributed by atoms with Crippen molar-refractivity contribution in [1.82, 2.24) is 10.2 Å². The first-order chi connectivity index (χ1) is 15.1. The van der Waals surface area contributed by atoms with Crippen molar-refractivity contribution in [2.75, 3.05) is 37.7 Å². The molecule has 2 aromatic rings. The molecule has 166 valence electrons. The Morgan fingerprint density at radius 3 is 2.87 bits per heavy atom. The molecule has 4 rings (SSSR count). The summed E-state index contributed by atoms with van der Waals surface area (Å²) in [6.45, 7) is 4.23. The van der Waals surface area contributed by atoms with E-state index in [4.69, 9.17) is 4.74 Å². The Hall–Kier alpha value is -2.25. The summed E-state index contributed by atoms with van der Waals surface area (Å²) < 4.78 is 6.84. The number of hydrogen-bond donors (Lipinski definition) is 2. The van der Waals surface area contributed by atoms with Crippen molar-refractivity contribution >= 4 is 27.6 Å². The van der Waals surface area contributed by atoms with E-state index >= 15 is 0 Å². The van der Waals surface area contributed by atoms with Crippen LogP contribution >= 0.6 is 15.9 Å². The molecule has 31 heavy (non-hydrogen) atoms. The van der Waals surface area contributed by atoms with E-state index in [1.165, 1.54) is 5.69 Å². The van der Waals surface area contributed by atoms with Crippen LogP contribution in [-0.4, -0.2) is 54.9 Å². The number of hydrogen-bond acceptors (Lipinski definition) is 4. The summed E-state index contributed by atoms with van der Waals surface area (Å²) in [6, 6.07) is 15.4. The topological polar surface area (TPSA) is 65.0 Å². The molecule has 2 aliphatic heterocycles. The third-order valence-corrected chi connectivity index (χ3v) is 6.58. The molecule has 2 heterocycles. The van der Waals surface area contributed by atoms with Crippen molar-refractivity contribution in [1.29, 1.82) is 0 Å². The van der Waals surface area contributed by atoms with Gasteiger partial charge in [0, 0.05) is 48.5 Å². The average Bonchev–Trinajstić information content (AvgIpc) is 3.45. The second-order valence-corrected chi connectivity index (χ2v) is 9.33. The van der Waals surface area contributed by atoms with Crippen LogP contribution in [0.25, 0.3) is 0 Å². The molecule has 2 N–H and O–H groups in total. The molecule has 0 spiro atoms. The summed E-state index contributed by atoms with van der Waals surface area (Å²) in [5.41, 5.74) is 1.96. The minimum absolute atomic E-state index is 0.0649. The smallest absolute Gasteiger partial charge is 0.317 e. The number of rotatable bonds is 7. The van der Waals surface area contributed by atoms with Crippen LogP contribution < -0.4 is 10.2 Å². The Balaban J connectivity index is 1.34. The lowest BCUT2D eigenvalue weighted by atomic mass is 10.1. The molecule has 0 radical (unpaired) electrons. The van der Waals surface area contributed by atoms with E-state index in [9.17, 15) is 9.90 Å². The summed E-state index contributed by atoms with van der Waals surface area (Å²) in [5, 5.41) is 13.3. The predicted octanol–water partition coefficient (Wildman–Crippen LogP) is 4.37. The van der Waals surface area contributed by atoms with Crippen LogP contribution in [0.4, 0.5) is 10.5 Å². The quantitative estimate of drug-likeness (QED) is 0.608. The van der Waals surface area contributed by atoms with Gasteiger partial charge in [0.05, 0.1) is 12.6 Å². The summed E-state index contributed by atoms with van der Waals surface area (Å²) >= 11 is 3.54. The first-order valence-corrected chi connectivity index (χ1v) is 11.8. The highest BCUT2D eigenvalue weighted by molar-refractivity contribution is 9.10. The number of anilines is 1. The number of phenolic OH excluding ortho intramolecular Hbond substituents is 1. The van der Waals surface area contributed by atoms with Crippen molar-refractivity contribution in [3.8, 4) is 5.75 Å². The lowest BCUT2D eigenvalue weighted by Crippen LogP contribution is -2.44. The van der Waals surface area contributed by atoms with E-state index in [-0.39, 0.29) is 17.9 Å². The maximum atomic E-state index is 13.1. The monoisotopic (exact) mass is 487 g/mol. The Bertz CT molecular complexity index is 888. The van der Waals surface area contributed by atoms with Crippen LogP contribution in [-0.2, 0) is 11.3 Å². The van der Waals surface area contributed by atoms with Gasteiger partial charge in [0.2, 0.25) is 0 Å². The minimum atomic E-state index is -0.0975. The van der Waals surface area contributed by atoms with Gasteiger partial charge in [-0.2, -0.15) is 0 Å². The third kappa shape index (κ3) is 5.92. The van der Waals surface area contributed by atoms with Gasteiger partial charge in [0.15, 0.2) is 0 Å². The van der Waals surface area contributed by atoms with E-state index in [0.29, 0.717) is 25.6 Å². The second-order valence-electron chi connectivity index (χ2n) is 8.41. The third-order valence-electron chi connectivity index (χ3n) is 6.09. The van der Waals surface area contributed by atoms with Gasteiger partial charge in [-0.05, 0) is 49.4 Å². The van der Waals surface area contributed by atoms with Gasteiger partial charge in [-0.25, -0.2) is 4.79 Å². The number of amides is 2. The van der Waals surface area contributed by atoms with Gasteiger partial charge in [-0.3, -0.25) is 0 Å². The standard InChI is InChI=1S/C24H30BrN3O3/c25-20-6-3-7-21(13-20)27-11-10-18(15-27)14-26-24(30)28(17-22-8-4-12-31-22)16-19-5-1-2-9-23(19)29/h1-3,5-7,9,13,18,22,29H,4,8,10-12,14-17H2,(H,26,30). The Morgan fingerprint density at radius 1 is 1.23 bits per heavy atom. The summed E-state index contributed by atoms with van der Waals surface area (Å²) in [7, 11) is 0. The van der Waals surface area contributed by atoms with Crippen molar-refractivity contribution in [2.45, 2.75) is 31.9 Å². The van der Waals surface area contributed by atoms with E-state index in [1.807, 2.05) is 18.2 Å². The molecule has 6 nitrogen and oxygen atoms in total. The molecule has 2 aromatic carbocycles. The zero-order chi connectivity index (χ0) is 21.6. The highest BCUT2D eigenvalue weighted by Gasteiger charge is 2.26. The summed E-state index contributed by atoms with van der Waals surface area (Å²) in [5.74, 6) is 0.630. The van der Waals surface area contributed by atoms with Crippen molar-refractivity contribution in [3.05, 3.63) is 58.6 Å². The summed E-state index contributed by atoms with van der Waals surface area (Å²) in [6.07, 6.45) is 3.12. The number of benzene rings is 2. The molecular formula is C24H30BrN3O3. The molecule has 2 amide bonds. The zero-order valence-electron chi connectivity index (χ0n) is 17.7. The largest absolute Gasteiger partial charge is 0.508 e. The number of halogens is 1. The molecule has 2 atom stereocenters. The normalized spacial score (nSPS) is 20.7. The number of phenols is 1. The molecule has 0 saturated carbocycles. The number of aromatic hydroxyl groups is 1. The second kappa shape index (κ2) is 10.4. The van der Waals surface area contributed by atoms with E-state index in [2.05, 4.69) is 44.3 Å². The van der Waals surface area contributed by atoms with Crippen LogP contribution in [0.2, 0.25) is 0 Å². The van der Waals surface area contributed by atoms with Gasteiger partial charge in [0.1, 0.15) is 5.75 Å². The van der Waals surface area contributed by atoms with Crippen LogP contribution in [0.3, 0.4) is 0 Å². The number of nitrogens with one attached hydrogen (secondary N) is 1. The average molecular weight is 488 g/mol. The fourth-order valence-corrected chi connectivity index (χ4v) is 4.74. The maximum Gasteiger partial charge on any atom is 0.317 e. The van der Waals surface area contributed by atoms with Crippen LogP contribution in [0.15, 0.2) is 53.0 Å². The van der Waals surface area contributed by atoms with Gasteiger partial charge in [-0.1, -0.05) is 40.2 Å². The number of ether oxygens (including phenoxy) is 1. The van der Waals surface area contributed by atoms with E-state index in [0.717, 1.165) is 49.0 Å². The molecule has 7 heteroatoms. The van der Waals surface area contributed by atoms with Crippen LogP contribution in [0, 0.1) is 5.92 Å². The lowest BCUT2D eigenvalue weighted by Gasteiger charge is -2.27.